The number of carboxylic acid groups (broad SMARTS) is 1. The zero-order chi connectivity index (χ0) is 36.0. The molecule has 1 aromatic rings. The van der Waals surface area contributed by atoms with Gasteiger partial charge in [-0.2, -0.15) is 0 Å². The first-order valence-electron chi connectivity index (χ1n) is 16.7. The van der Waals surface area contributed by atoms with E-state index in [2.05, 4.69) is 54.5 Å². The van der Waals surface area contributed by atoms with Gasteiger partial charge in [0.1, 0.15) is 34.9 Å². The van der Waals surface area contributed by atoms with E-state index in [1.165, 1.54) is 12.1 Å². The Balaban J connectivity index is 0.00000676. The van der Waals surface area contributed by atoms with Gasteiger partial charge in [-0.05, 0) is 71.9 Å². The number of benzene rings is 2. The fourth-order valence-electron chi connectivity index (χ4n) is 6.37. The van der Waals surface area contributed by atoms with Crippen molar-refractivity contribution in [3.63, 3.8) is 0 Å². The molecule has 0 fully saturated rings. The van der Waals surface area contributed by atoms with Crippen molar-refractivity contribution >= 4 is 27.9 Å². The predicted molar refractivity (Wildman–Crippen MR) is 191 cm³/mol. The molecule has 1 aromatic carbocycles. The summed E-state index contributed by atoms with van der Waals surface area (Å²) in [6.07, 6.45) is 8.04. The van der Waals surface area contributed by atoms with Crippen molar-refractivity contribution in [3.8, 4) is 11.3 Å². The zero-order valence-electron chi connectivity index (χ0n) is 30.7. The maximum atomic E-state index is 11.9. The maximum Gasteiger partial charge on any atom is 1.00 e. The molecule has 0 saturated carbocycles. The first kappa shape index (κ1) is 41.6. The molecule has 50 heavy (non-hydrogen) atoms. The summed E-state index contributed by atoms with van der Waals surface area (Å²) >= 11 is 0. The number of unbranched alkanes of at least 4 members (excludes halogenated alkanes) is 2. The van der Waals surface area contributed by atoms with Gasteiger partial charge >= 0.3 is 35.5 Å². The number of aliphatic carboxylic acids is 1. The summed E-state index contributed by atoms with van der Waals surface area (Å²) in [4.78, 5) is 12.9. The molecule has 2 heterocycles. The molecular formula is C38H50N2NaO8S+. The minimum absolute atomic E-state index is 0. The SMILES string of the molecule is COCC[N+](CCOC)=c1ccc2c(C(C)(C)C)cc(/C=C/C=C3/N(CCCCCC(=O)O)c4ccc(S(=O)(=O)[O-])cc4C3(C)C)oc-2c1.[Na+]. The number of rotatable bonds is 15. The second kappa shape index (κ2) is 17.6. The van der Waals surface area contributed by atoms with Gasteiger partial charge in [0.05, 0.1) is 11.0 Å². The van der Waals surface area contributed by atoms with Crippen LogP contribution in [0.15, 0.2) is 69.6 Å². The molecule has 0 atom stereocenters. The van der Waals surface area contributed by atoms with Gasteiger partial charge in [0.15, 0.2) is 13.1 Å². The number of ether oxygens (including phenoxy) is 2. The molecule has 10 nitrogen and oxygen atoms in total. The Kier molecular flexibility index (Phi) is 14.7. The number of nitrogens with zero attached hydrogens (tertiary/aromatic N) is 2. The van der Waals surface area contributed by atoms with Crippen LogP contribution in [0.2, 0.25) is 0 Å². The number of carbonyl (C=O) groups is 1. The van der Waals surface area contributed by atoms with Crippen LogP contribution in [0.25, 0.3) is 17.4 Å². The first-order valence-corrected chi connectivity index (χ1v) is 18.1. The van der Waals surface area contributed by atoms with Gasteiger partial charge in [-0.25, -0.2) is 13.0 Å². The average Bonchev–Trinajstić information content (AvgIpc) is 3.24. The predicted octanol–water partition coefficient (Wildman–Crippen LogP) is 2.99. The molecule has 0 aromatic heterocycles. The maximum absolute atomic E-state index is 11.9. The van der Waals surface area contributed by atoms with Gasteiger partial charge in [0.25, 0.3) is 0 Å². The number of hydrogen-bond acceptors (Lipinski definition) is 8. The van der Waals surface area contributed by atoms with Crippen molar-refractivity contribution in [1.82, 2.24) is 4.58 Å². The Morgan fingerprint density at radius 1 is 1.02 bits per heavy atom. The average molecular weight is 718 g/mol. The fraction of sp³-hybridized carbons (Fsp3) is 0.474. The van der Waals surface area contributed by atoms with Crippen LogP contribution in [0.5, 0.6) is 0 Å². The fourth-order valence-corrected chi connectivity index (χ4v) is 6.87. The zero-order valence-corrected chi connectivity index (χ0v) is 33.6. The van der Waals surface area contributed by atoms with Crippen LogP contribution >= 0.6 is 0 Å². The number of anilines is 1. The van der Waals surface area contributed by atoms with E-state index < -0.39 is 21.5 Å². The van der Waals surface area contributed by atoms with E-state index in [0.717, 1.165) is 52.0 Å². The van der Waals surface area contributed by atoms with Gasteiger partial charge < -0.3 is 28.5 Å². The number of hydrogen-bond donors (Lipinski definition) is 1. The number of carboxylic acids is 1. The Morgan fingerprint density at radius 2 is 1.70 bits per heavy atom. The normalized spacial score (nSPS) is 15.1. The van der Waals surface area contributed by atoms with E-state index in [1.807, 2.05) is 32.1 Å². The first-order chi connectivity index (χ1) is 23.1. The molecule has 0 radical (unpaired) electrons. The monoisotopic (exact) mass is 717 g/mol. The molecule has 4 rings (SSSR count). The molecular weight excluding hydrogens is 667 g/mol. The number of fused-ring (bicyclic) bond motifs is 2. The van der Waals surface area contributed by atoms with Gasteiger partial charge in [-0.15, -0.1) is 0 Å². The van der Waals surface area contributed by atoms with Gasteiger partial charge in [-0.3, -0.25) is 4.79 Å². The second-order valence-corrected chi connectivity index (χ2v) is 15.4. The standard InChI is InChI=1S/C38H50N2O8S.Na/c1-37(2,3)31-25-28(48-34-24-27(15-17-30(31)34)39(20-22-46-6)21-23-47-7)12-11-13-35-38(4,5)32-26-29(49(43,44)45)16-18-33(32)40(35)19-10-8-9-14-36(41)42;/h11-13,15-18,24-26H,8-10,14,19-23H2,1-7H3,(H-,41,42,43,44,45);/q;+1. The van der Waals surface area contributed by atoms with Crippen molar-refractivity contribution in [3.05, 3.63) is 82.6 Å². The van der Waals surface area contributed by atoms with Gasteiger partial charge in [0.2, 0.25) is 5.36 Å². The van der Waals surface area contributed by atoms with E-state index in [0.29, 0.717) is 45.0 Å². The summed E-state index contributed by atoms with van der Waals surface area (Å²) in [6, 6.07) is 12.9. The molecule has 0 bridgehead atoms. The summed E-state index contributed by atoms with van der Waals surface area (Å²) in [6.45, 7) is 13.7. The van der Waals surface area contributed by atoms with Crippen LogP contribution in [-0.2, 0) is 35.2 Å². The van der Waals surface area contributed by atoms with Crippen molar-refractivity contribution in [2.24, 2.45) is 0 Å². The van der Waals surface area contributed by atoms with Gasteiger partial charge in [-0.1, -0.05) is 47.1 Å². The molecule has 2 aliphatic heterocycles. The molecule has 12 heteroatoms. The summed E-state index contributed by atoms with van der Waals surface area (Å²) in [5.41, 5.74) is 3.94. The minimum atomic E-state index is -4.63. The van der Waals surface area contributed by atoms with Gasteiger partial charge in [0, 0.05) is 55.6 Å². The van der Waals surface area contributed by atoms with Crippen LogP contribution in [0.4, 0.5) is 5.69 Å². The third-order valence-corrected chi connectivity index (χ3v) is 9.84. The molecule has 266 valence electrons. The van der Waals surface area contributed by atoms with Crippen LogP contribution in [-0.4, -0.2) is 71.1 Å². The van der Waals surface area contributed by atoms with Crippen LogP contribution in [0.3, 0.4) is 0 Å². The van der Waals surface area contributed by atoms with E-state index in [9.17, 15) is 17.8 Å². The van der Waals surface area contributed by atoms with Crippen molar-refractivity contribution in [2.75, 3.05) is 52.0 Å². The molecule has 0 saturated heterocycles. The van der Waals surface area contributed by atoms with Crippen LogP contribution in [0, 0.1) is 0 Å². The quantitative estimate of drug-likeness (QED) is 0.109. The smallest absolute Gasteiger partial charge is 0.744 e. The van der Waals surface area contributed by atoms with Crippen molar-refractivity contribution in [2.45, 2.75) is 76.0 Å². The Hall–Kier alpha value is -2.77. The topological polar surface area (TPSA) is 132 Å². The number of methoxy groups -OCH3 is 2. The molecule has 1 aliphatic carbocycles. The minimum Gasteiger partial charge on any atom is -0.744 e. The Bertz CT molecular complexity index is 1840. The third kappa shape index (κ3) is 10.2. The summed E-state index contributed by atoms with van der Waals surface area (Å²) in [7, 11) is -1.25. The Labute approximate surface area is 318 Å². The summed E-state index contributed by atoms with van der Waals surface area (Å²) in [5, 5.41) is 10.1. The van der Waals surface area contributed by atoms with Crippen molar-refractivity contribution < 1.29 is 66.3 Å². The summed E-state index contributed by atoms with van der Waals surface area (Å²) < 4.78 is 55.1. The van der Waals surface area contributed by atoms with E-state index >= 15 is 0 Å². The van der Waals surface area contributed by atoms with E-state index in [4.69, 9.17) is 19.0 Å². The summed E-state index contributed by atoms with van der Waals surface area (Å²) in [5.74, 6) is 0.629. The molecule has 1 N–H and O–H groups in total. The van der Waals surface area contributed by atoms with Crippen LogP contribution in [0.1, 0.15) is 77.2 Å². The molecule has 0 amide bonds. The molecule has 0 spiro atoms. The molecule has 3 aliphatic rings. The largest absolute Gasteiger partial charge is 1.00 e. The van der Waals surface area contributed by atoms with Crippen LogP contribution < -0.4 is 44.4 Å². The van der Waals surface area contributed by atoms with E-state index in [-0.39, 0.29) is 46.3 Å². The van der Waals surface area contributed by atoms with Crippen molar-refractivity contribution in [1.29, 1.82) is 0 Å². The second-order valence-electron chi connectivity index (χ2n) is 14.0. The number of allylic oxidation sites excluding steroid dienone is 3. The Morgan fingerprint density at radius 3 is 2.30 bits per heavy atom. The third-order valence-electron chi connectivity index (χ3n) is 9.01. The van der Waals surface area contributed by atoms with E-state index in [1.54, 1.807) is 20.3 Å². The molecule has 0 unspecified atom stereocenters.